The number of aromatic nitrogens is 2. The summed E-state index contributed by atoms with van der Waals surface area (Å²) in [5.41, 5.74) is 0.523. The predicted octanol–water partition coefficient (Wildman–Crippen LogP) is 1.69. The predicted molar refractivity (Wildman–Crippen MR) is 62.3 cm³/mol. The largest absolute Gasteiger partial charge is 0.478 e. The molecule has 0 amide bonds. The minimum atomic E-state index is -1.20. The molecule has 0 atom stereocenters. The van der Waals surface area contributed by atoms with Crippen LogP contribution in [0.3, 0.4) is 0 Å². The molecule has 0 aliphatic heterocycles. The van der Waals surface area contributed by atoms with Crippen molar-refractivity contribution in [2.75, 3.05) is 0 Å². The second kappa shape index (κ2) is 4.28. The summed E-state index contributed by atoms with van der Waals surface area (Å²) < 4.78 is 1.49. The van der Waals surface area contributed by atoms with Crippen molar-refractivity contribution >= 4 is 11.7 Å². The van der Waals surface area contributed by atoms with E-state index in [1.54, 1.807) is 13.1 Å². The van der Waals surface area contributed by atoms with Crippen molar-refractivity contribution in [1.29, 1.82) is 0 Å². The van der Waals surface area contributed by atoms with Crippen LogP contribution in [0.15, 0.2) is 30.5 Å². The number of benzene rings is 1. The van der Waals surface area contributed by atoms with Crippen LogP contribution in [0.4, 0.5) is 5.69 Å². The lowest BCUT2D eigenvalue weighted by molar-refractivity contribution is -0.384. The Morgan fingerprint density at radius 3 is 2.67 bits per heavy atom. The van der Waals surface area contributed by atoms with Crippen LogP contribution >= 0.6 is 0 Å². The summed E-state index contributed by atoms with van der Waals surface area (Å²) in [7, 11) is 1.66. The SMILES string of the molecule is Cn1nccc1-c1ccc(C(=O)O)cc1[N+](=O)[O-]. The first kappa shape index (κ1) is 11.8. The Morgan fingerprint density at radius 2 is 2.17 bits per heavy atom. The number of hydrogen-bond acceptors (Lipinski definition) is 4. The molecular formula is C11H9N3O4. The first-order valence-corrected chi connectivity index (χ1v) is 5.01. The summed E-state index contributed by atoms with van der Waals surface area (Å²) in [5.74, 6) is -1.20. The summed E-state index contributed by atoms with van der Waals surface area (Å²) in [6.45, 7) is 0. The first-order valence-electron chi connectivity index (χ1n) is 5.01. The van der Waals surface area contributed by atoms with Crippen LogP contribution < -0.4 is 0 Å². The molecule has 1 aromatic heterocycles. The fourth-order valence-electron chi connectivity index (χ4n) is 1.67. The van der Waals surface area contributed by atoms with Crippen molar-refractivity contribution in [2.45, 2.75) is 0 Å². The zero-order valence-corrected chi connectivity index (χ0v) is 9.40. The minimum Gasteiger partial charge on any atom is -0.478 e. The van der Waals surface area contributed by atoms with Gasteiger partial charge in [-0.1, -0.05) is 0 Å². The quantitative estimate of drug-likeness (QED) is 0.657. The second-order valence-electron chi connectivity index (χ2n) is 3.63. The number of carboxylic acids is 1. The Bertz CT molecular complexity index is 633. The van der Waals surface area contributed by atoms with Gasteiger partial charge in [0.2, 0.25) is 0 Å². The zero-order valence-electron chi connectivity index (χ0n) is 9.40. The van der Waals surface area contributed by atoms with Gasteiger partial charge in [-0.05, 0) is 18.2 Å². The summed E-state index contributed by atoms with van der Waals surface area (Å²) in [4.78, 5) is 21.2. The Balaban J connectivity index is 2.65. The van der Waals surface area contributed by atoms with Crippen LogP contribution in [0.2, 0.25) is 0 Å². The van der Waals surface area contributed by atoms with Gasteiger partial charge in [-0.3, -0.25) is 14.8 Å². The molecule has 2 rings (SSSR count). The van der Waals surface area contributed by atoms with E-state index in [0.717, 1.165) is 6.07 Å². The van der Waals surface area contributed by atoms with Gasteiger partial charge in [-0.2, -0.15) is 5.10 Å². The minimum absolute atomic E-state index is 0.118. The van der Waals surface area contributed by atoms with Gasteiger partial charge in [0.05, 0.1) is 21.7 Å². The number of carbonyl (C=O) groups is 1. The number of aryl methyl sites for hydroxylation is 1. The highest BCUT2D eigenvalue weighted by molar-refractivity contribution is 5.90. The molecule has 1 N–H and O–H groups in total. The van der Waals surface area contributed by atoms with Crippen LogP contribution in [0.1, 0.15) is 10.4 Å². The number of nitrogens with zero attached hydrogens (tertiary/aromatic N) is 3. The molecule has 0 aliphatic rings. The van der Waals surface area contributed by atoms with Gasteiger partial charge in [-0.25, -0.2) is 4.79 Å². The lowest BCUT2D eigenvalue weighted by Crippen LogP contribution is -2.01. The molecule has 0 spiro atoms. The topological polar surface area (TPSA) is 98.3 Å². The zero-order chi connectivity index (χ0) is 13.3. The van der Waals surface area contributed by atoms with E-state index in [2.05, 4.69) is 5.10 Å². The monoisotopic (exact) mass is 247 g/mol. The Kier molecular flexibility index (Phi) is 2.80. The average Bonchev–Trinajstić information content (AvgIpc) is 2.74. The maximum Gasteiger partial charge on any atom is 0.335 e. The van der Waals surface area contributed by atoms with E-state index in [1.807, 2.05) is 0 Å². The first-order chi connectivity index (χ1) is 8.50. The molecule has 7 heteroatoms. The van der Waals surface area contributed by atoms with E-state index in [-0.39, 0.29) is 11.3 Å². The van der Waals surface area contributed by atoms with Crippen molar-refractivity contribution in [3.8, 4) is 11.3 Å². The van der Waals surface area contributed by atoms with Gasteiger partial charge in [0.25, 0.3) is 5.69 Å². The van der Waals surface area contributed by atoms with E-state index in [9.17, 15) is 14.9 Å². The van der Waals surface area contributed by atoms with E-state index in [0.29, 0.717) is 11.3 Å². The second-order valence-corrected chi connectivity index (χ2v) is 3.63. The number of nitro benzene ring substituents is 1. The van der Waals surface area contributed by atoms with Crippen LogP contribution in [0.5, 0.6) is 0 Å². The fraction of sp³-hybridized carbons (Fsp3) is 0.0909. The molecule has 18 heavy (non-hydrogen) atoms. The highest BCUT2D eigenvalue weighted by Gasteiger charge is 2.20. The number of aromatic carboxylic acids is 1. The molecule has 7 nitrogen and oxygen atoms in total. The molecule has 0 aliphatic carbocycles. The van der Waals surface area contributed by atoms with E-state index in [1.165, 1.54) is 23.0 Å². The highest BCUT2D eigenvalue weighted by Crippen LogP contribution is 2.30. The maximum atomic E-state index is 11.0. The Morgan fingerprint density at radius 1 is 1.44 bits per heavy atom. The van der Waals surface area contributed by atoms with E-state index in [4.69, 9.17) is 5.11 Å². The lowest BCUT2D eigenvalue weighted by atomic mass is 10.1. The molecule has 0 saturated carbocycles. The molecule has 0 radical (unpaired) electrons. The normalized spacial score (nSPS) is 10.3. The van der Waals surface area contributed by atoms with Crippen LogP contribution in [-0.2, 0) is 7.05 Å². The average molecular weight is 247 g/mol. The molecule has 0 unspecified atom stereocenters. The fourth-order valence-corrected chi connectivity index (χ4v) is 1.67. The summed E-state index contributed by atoms with van der Waals surface area (Å²) in [6.07, 6.45) is 1.52. The number of rotatable bonds is 3. The molecule has 0 fully saturated rings. The van der Waals surface area contributed by atoms with Crippen LogP contribution in [-0.4, -0.2) is 25.8 Å². The summed E-state index contributed by atoms with van der Waals surface area (Å²) >= 11 is 0. The third kappa shape index (κ3) is 1.93. The molecule has 2 aromatic rings. The Labute approximate surface area is 101 Å². The molecule has 1 aromatic carbocycles. The van der Waals surface area contributed by atoms with E-state index >= 15 is 0 Å². The molecule has 0 bridgehead atoms. The van der Waals surface area contributed by atoms with Gasteiger partial charge < -0.3 is 5.11 Å². The standard InChI is InChI=1S/C11H9N3O4/c1-13-9(4-5-12-13)8-3-2-7(11(15)16)6-10(8)14(17)18/h2-6H,1H3,(H,15,16). The molecule has 1 heterocycles. The smallest absolute Gasteiger partial charge is 0.335 e. The highest BCUT2D eigenvalue weighted by atomic mass is 16.6. The Hall–Kier alpha value is -2.70. The maximum absolute atomic E-state index is 11.0. The van der Waals surface area contributed by atoms with Crippen molar-refractivity contribution < 1.29 is 14.8 Å². The third-order valence-corrected chi connectivity index (χ3v) is 2.54. The van der Waals surface area contributed by atoms with Gasteiger partial charge in [-0.15, -0.1) is 0 Å². The van der Waals surface area contributed by atoms with Gasteiger partial charge in [0.1, 0.15) is 0 Å². The third-order valence-electron chi connectivity index (χ3n) is 2.54. The van der Waals surface area contributed by atoms with Gasteiger partial charge in [0, 0.05) is 19.3 Å². The lowest BCUT2D eigenvalue weighted by Gasteiger charge is -2.04. The van der Waals surface area contributed by atoms with Crippen LogP contribution in [0, 0.1) is 10.1 Å². The van der Waals surface area contributed by atoms with Crippen molar-refractivity contribution in [3.05, 3.63) is 46.1 Å². The number of carboxylic acid groups (broad SMARTS) is 1. The number of nitro groups is 1. The van der Waals surface area contributed by atoms with Crippen molar-refractivity contribution in [2.24, 2.45) is 7.05 Å². The van der Waals surface area contributed by atoms with Gasteiger partial charge >= 0.3 is 5.97 Å². The molecule has 0 saturated heterocycles. The summed E-state index contributed by atoms with van der Waals surface area (Å²) in [5, 5.41) is 23.7. The van der Waals surface area contributed by atoms with E-state index < -0.39 is 10.9 Å². The van der Waals surface area contributed by atoms with Crippen molar-refractivity contribution in [3.63, 3.8) is 0 Å². The summed E-state index contributed by atoms with van der Waals surface area (Å²) in [6, 6.07) is 5.42. The van der Waals surface area contributed by atoms with Gasteiger partial charge in [0.15, 0.2) is 0 Å². The molecular weight excluding hydrogens is 238 g/mol. The van der Waals surface area contributed by atoms with Crippen LogP contribution in [0.25, 0.3) is 11.3 Å². The molecule has 92 valence electrons. The number of hydrogen-bond donors (Lipinski definition) is 1. The van der Waals surface area contributed by atoms with Crippen molar-refractivity contribution in [1.82, 2.24) is 9.78 Å².